The van der Waals surface area contributed by atoms with Gasteiger partial charge in [0.25, 0.3) is 0 Å². The number of guanidine groups is 1. The van der Waals surface area contributed by atoms with E-state index in [0.717, 1.165) is 32.1 Å². The van der Waals surface area contributed by atoms with Crippen LogP contribution in [0.4, 0.5) is 0 Å². The number of nitrogens with one attached hydrogen (secondary N) is 1. The molecule has 0 aromatic heterocycles. The number of aliphatic imine (C=N–C) groups is 1. The van der Waals surface area contributed by atoms with Gasteiger partial charge in [-0.2, -0.15) is 0 Å². The summed E-state index contributed by atoms with van der Waals surface area (Å²) in [5, 5.41) is 3.57. The molecule has 0 saturated carbocycles. The average Bonchev–Trinajstić information content (AvgIpc) is 2.70. The third-order valence-corrected chi connectivity index (χ3v) is 6.01. The van der Waals surface area contributed by atoms with Crippen molar-refractivity contribution in [3.63, 3.8) is 0 Å². The summed E-state index contributed by atoms with van der Waals surface area (Å²) in [6.07, 6.45) is 6.22. The van der Waals surface area contributed by atoms with Gasteiger partial charge < -0.3 is 10.2 Å². The van der Waals surface area contributed by atoms with E-state index in [0.29, 0.717) is 11.8 Å². The summed E-state index contributed by atoms with van der Waals surface area (Å²) < 4.78 is 0. The van der Waals surface area contributed by atoms with Crippen LogP contribution in [-0.2, 0) is 0 Å². The lowest BCUT2D eigenvalue weighted by Crippen LogP contribution is -2.47. The van der Waals surface area contributed by atoms with Crippen LogP contribution < -0.4 is 5.32 Å². The topological polar surface area (TPSA) is 27.6 Å². The Labute approximate surface area is 175 Å². The second-order valence-corrected chi connectivity index (χ2v) is 7.82. The van der Waals surface area contributed by atoms with E-state index < -0.39 is 0 Å². The van der Waals surface area contributed by atoms with E-state index in [9.17, 15) is 0 Å². The van der Waals surface area contributed by atoms with Crippen molar-refractivity contribution in [3.8, 4) is 0 Å². The first kappa shape index (κ1) is 20.7. The summed E-state index contributed by atoms with van der Waals surface area (Å²) in [5.41, 5.74) is 2.90. The third-order valence-electron chi connectivity index (χ3n) is 6.01. The van der Waals surface area contributed by atoms with Gasteiger partial charge in [-0.3, -0.25) is 4.99 Å². The van der Waals surface area contributed by atoms with Crippen molar-refractivity contribution in [2.45, 2.75) is 38.0 Å². The molecule has 0 amide bonds. The molecule has 0 aliphatic carbocycles. The summed E-state index contributed by atoms with van der Waals surface area (Å²) in [4.78, 5) is 7.31. The Morgan fingerprint density at radius 2 is 1.43 bits per heavy atom. The molecule has 2 aromatic rings. The highest BCUT2D eigenvalue weighted by molar-refractivity contribution is 5.85. The zero-order valence-electron chi connectivity index (χ0n) is 16.6. The molecule has 2 aromatic carbocycles. The summed E-state index contributed by atoms with van der Waals surface area (Å²) in [6, 6.07) is 22.1. The standard InChI is InChI=1S/C24H31N3.ClH/c1-4-10-20(11-5-1)23(21-12-6-2-7-13-21)22-14-18-27(19-15-22)24-25-16-8-3-9-17-26-24;/h1-2,4-7,10-13,22-23H,3,8-9,14-19H2,(H,25,26);1H. The smallest absolute Gasteiger partial charge is 0.193 e. The maximum atomic E-state index is 4.82. The molecule has 0 bridgehead atoms. The molecule has 2 aliphatic heterocycles. The van der Waals surface area contributed by atoms with Gasteiger partial charge in [0, 0.05) is 32.1 Å². The summed E-state index contributed by atoms with van der Waals surface area (Å²) in [5.74, 6) is 2.31. The second kappa shape index (κ2) is 10.5. The Bertz CT molecular complexity index is 685. The first-order valence-corrected chi connectivity index (χ1v) is 10.5. The van der Waals surface area contributed by atoms with E-state index in [1.165, 1.54) is 43.2 Å². The van der Waals surface area contributed by atoms with Crippen molar-refractivity contribution in [2.24, 2.45) is 10.9 Å². The van der Waals surface area contributed by atoms with Crippen molar-refractivity contribution >= 4 is 18.4 Å². The minimum atomic E-state index is 0. The largest absolute Gasteiger partial charge is 0.356 e. The van der Waals surface area contributed by atoms with Crippen molar-refractivity contribution in [3.05, 3.63) is 71.8 Å². The van der Waals surface area contributed by atoms with Crippen molar-refractivity contribution in [1.29, 1.82) is 0 Å². The highest BCUT2D eigenvalue weighted by Crippen LogP contribution is 2.37. The lowest BCUT2D eigenvalue weighted by Gasteiger charge is -2.38. The Morgan fingerprint density at radius 3 is 2.04 bits per heavy atom. The fourth-order valence-electron chi connectivity index (χ4n) is 4.57. The molecule has 4 heteroatoms. The van der Waals surface area contributed by atoms with Crippen LogP contribution in [0.15, 0.2) is 65.7 Å². The van der Waals surface area contributed by atoms with Crippen LogP contribution in [0.5, 0.6) is 0 Å². The lowest BCUT2D eigenvalue weighted by molar-refractivity contribution is 0.243. The number of piperidine rings is 1. The molecule has 0 spiro atoms. The van der Waals surface area contributed by atoms with Gasteiger partial charge >= 0.3 is 0 Å². The van der Waals surface area contributed by atoms with E-state index in [1.54, 1.807) is 0 Å². The zero-order chi connectivity index (χ0) is 18.3. The molecule has 0 atom stereocenters. The van der Waals surface area contributed by atoms with Crippen LogP contribution in [0.1, 0.15) is 49.1 Å². The van der Waals surface area contributed by atoms with E-state index in [2.05, 4.69) is 70.9 Å². The summed E-state index contributed by atoms with van der Waals surface area (Å²) >= 11 is 0. The number of rotatable bonds is 3. The number of halogens is 1. The summed E-state index contributed by atoms with van der Waals surface area (Å²) in [7, 11) is 0. The molecule has 0 radical (unpaired) electrons. The van der Waals surface area contributed by atoms with Crippen LogP contribution in [-0.4, -0.2) is 37.0 Å². The molecule has 3 nitrogen and oxygen atoms in total. The van der Waals surface area contributed by atoms with Gasteiger partial charge in [0.1, 0.15) is 0 Å². The number of likely N-dealkylation sites (tertiary alicyclic amines) is 1. The first-order chi connectivity index (χ1) is 13.4. The highest BCUT2D eigenvalue weighted by atomic mass is 35.5. The third kappa shape index (κ3) is 5.08. The Hall–Kier alpha value is -2.00. The highest BCUT2D eigenvalue weighted by Gasteiger charge is 2.29. The lowest BCUT2D eigenvalue weighted by atomic mass is 9.76. The molecule has 150 valence electrons. The van der Waals surface area contributed by atoms with E-state index in [-0.39, 0.29) is 12.4 Å². The Kier molecular flexibility index (Phi) is 7.79. The van der Waals surface area contributed by atoms with Gasteiger partial charge in [-0.25, -0.2) is 0 Å². The van der Waals surface area contributed by atoms with E-state index in [1.807, 2.05) is 0 Å². The number of hydrogen-bond donors (Lipinski definition) is 1. The normalized spacial score (nSPS) is 20.3. The van der Waals surface area contributed by atoms with Gasteiger partial charge in [0.05, 0.1) is 0 Å². The van der Waals surface area contributed by atoms with Gasteiger partial charge in [0.2, 0.25) is 0 Å². The summed E-state index contributed by atoms with van der Waals surface area (Å²) in [6.45, 7) is 4.24. The van der Waals surface area contributed by atoms with E-state index in [4.69, 9.17) is 4.99 Å². The fourth-order valence-corrected chi connectivity index (χ4v) is 4.57. The van der Waals surface area contributed by atoms with Crippen LogP contribution >= 0.6 is 12.4 Å². The fraction of sp³-hybridized carbons (Fsp3) is 0.458. The molecule has 28 heavy (non-hydrogen) atoms. The zero-order valence-corrected chi connectivity index (χ0v) is 17.4. The Morgan fingerprint density at radius 1 is 0.821 bits per heavy atom. The molecule has 4 rings (SSSR count). The minimum Gasteiger partial charge on any atom is -0.356 e. The number of benzene rings is 2. The predicted octanol–water partition coefficient (Wildman–Crippen LogP) is 5.08. The molecule has 2 aliphatic rings. The van der Waals surface area contributed by atoms with Gasteiger partial charge in [-0.1, -0.05) is 60.7 Å². The van der Waals surface area contributed by atoms with Crippen LogP contribution in [0, 0.1) is 5.92 Å². The maximum absolute atomic E-state index is 4.82. The molecule has 1 saturated heterocycles. The van der Waals surface area contributed by atoms with Crippen molar-refractivity contribution in [2.75, 3.05) is 26.2 Å². The number of nitrogens with zero attached hydrogens (tertiary/aromatic N) is 2. The maximum Gasteiger partial charge on any atom is 0.193 e. The second-order valence-electron chi connectivity index (χ2n) is 7.82. The van der Waals surface area contributed by atoms with Gasteiger partial charge in [-0.15, -0.1) is 12.4 Å². The van der Waals surface area contributed by atoms with Crippen LogP contribution in [0.3, 0.4) is 0 Å². The molecule has 1 fully saturated rings. The van der Waals surface area contributed by atoms with Crippen molar-refractivity contribution in [1.82, 2.24) is 10.2 Å². The Balaban J connectivity index is 0.00000225. The molecule has 2 heterocycles. The van der Waals surface area contributed by atoms with Crippen LogP contribution in [0.25, 0.3) is 0 Å². The SMILES string of the molecule is Cl.c1ccc(C(c2ccccc2)C2CCN(/C3=N/CCCCCN3)CC2)cc1. The predicted molar refractivity (Wildman–Crippen MR) is 120 cm³/mol. The number of hydrogen-bond acceptors (Lipinski definition) is 3. The monoisotopic (exact) mass is 397 g/mol. The van der Waals surface area contributed by atoms with Crippen molar-refractivity contribution < 1.29 is 0 Å². The van der Waals surface area contributed by atoms with E-state index >= 15 is 0 Å². The quantitative estimate of drug-likeness (QED) is 0.781. The first-order valence-electron chi connectivity index (χ1n) is 10.5. The average molecular weight is 398 g/mol. The molecule has 0 unspecified atom stereocenters. The van der Waals surface area contributed by atoms with Crippen LogP contribution in [0.2, 0.25) is 0 Å². The minimum absolute atomic E-state index is 0. The molecular formula is C24H32ClN3. The van der Waals surface area contributed by atoms with Gasteiger partial charge in [-0.05, 0) is 49.1 Å². The molecule has 1 N–H and O–H groups in total. The van der Waals surface area contributed by atoms with Gasteiger partial charge in [0.15, 0.2) is 5.96 Å². The molecular weight excluding hydrogens is 366 g/mol.